The highest BCUT2D eigenvalue weighted by Crippen LogP contribution is 2.22. The fourth-order valence-electron chi connectivity index (χ4n) is 1.78. The Kier molecular flexibility index (Phi) is 2.76. The molecule has 0 aliphatic carbocycles. The van der Waals surface area contributed by atoms with E-state index in [4.69, 9.17) is 0 Å². The number of aliphatic hydroxyl groups is 1. The van der Waals surface area contributed by atoms with Crippen LogP contribution in [0.25, 0.3) is 0 Å². The highest BCUT2D eigenvalue weighted by atomic mass is 16.3. The summed E-state index contributed by atoms with van der Waals surface area (Å²) in [7, 11) is 0. The van der Waals surface area contributed by atoms with Gasteiger partial charge in [0, 0.05) is 17.3 Å². The van der Waals surface area contributed by atoms with Crippen LogP contribution in [0.15, 0.2) is 0 Å². The van der Waals surface area contributed by atoms with Gasteiger partial charge in [-0.1, -0.05) is 0 Å². The van der Waals surface area contributed by atoms with Crippen molar-refractivity contribution >= 4 is 0 Å². The molecule has 0 saturated heterocycles. The van der Waals surface area contributed by atoms with Crippen molar-refractivity contribution in [1.29, 1.82) is 0 Å². The minimum absolute atomic E-state index is 0.353. The highest BCUT2D eigenvalue weighted by Gasteiger charge is 2.16. The minimum atomic E-state index is -0.424. The number of aryl methyl sites for hydroxylation is 1. The van der Waals surface area contributed by atoms with E-state index >= 15 is 0 Å². The van der Waals surface area contributed by atoms with Crippen molar-refractivity contribution in [1.82, 2.24) is 9.78 Å². The molecule has 1 aromatic heterocycles. The number of hydrogen-bond donors (Lipinski definition) is 1. The third-order valence-electron chi connectivity index (χ3n) is 2.29. The summed E-state index contributed by atoms with van der Waals surface area (Å²) in [4.78, 5) is 0. The van der Waals surface area contributed by atoms with E-state index in [2.05, 4.69) is 18.9 Å². The Morgan fingerprint density at radius 3 is 2.00 bits per heavy atom. The lowest BCUT2D eigenvalue weighted by molar-refractivity contribution is 0.197. The van der Waals surface area contributed by atoms with Crippen LogP contribution < -0.4 is 0 Å². The van der Waals surface area contributed by atoms with Gasteiger partial charge in [0.1, 0.15) is 0 Å². The Bertz CT molecular complexity index is 300. The van der Waals surface area contributed by atoms with Gasteiger partial charge in [-0.05, 0) is 34.6 Å². The molecule has 0 radical (unpaired) electrons. The maximum absolute atomic E-state index is 9.53. The highest BCUT2D eigenvalue weighted by molar-refractivity contribution is 5.26. The molecule has 3 nitrogen and oxygen atoms in total. The van der Waals surface area contributed by atoms with Crippen LogP contribution in [0.1, 0.15) is 49.9 Å². The summed E-state index contributed by atoms with van der Waals surface area (Å²) < 4.78 is 1.96. The van der Waals surface area contributed by atoms with E-state index in [1.165, 1.54) is 0 Å². The molecule has 1 aromatic rings. The first-order valence-electron chi connectivity index (χ1n) is 4.68. The van der Waals surface area contributed by atoms with Gasteiger partial charge in [-0.2, -0.15) is 5.10 Å². The van der Waals surface area contributed by atoms with Gasteiger partial charge in [-0.15, -0.1) is 0 Å². The van der Waals surface area contributed by atoms with E-state index in [9.17, 15) is 5.11 Å². The second-order valence-electron chi connectivity index (χ2n) is 3.80. The lowest BCUT2D eigenvalue weighted by atomic mass is 10.1. The molecule has 0 aromatic carbocycles. The summed E-state index contributed by atoms with van der Waals surface area (Å²) in [6, 6.07) is 0.353. The van der Waals surface area contributed by atoms with Crippen molar-refractivity contribution in [3.05, 3.63) is 17.0 Å². The van der Waals surface area contributed by atoms with E-state index in [1.807, 2.05) is 18.5 Å². The summed E-state index contributed by atoms with van der Waals surface area (Å²) in [5.41, 5.74) is 2.97. The molecule has 3 heteroatoms. The van der Waals surface area contributed by atoms with E-state index in [-0.39, 0.29) is 0 Å². The molecule has 74 valence electrons. The lowest BCUT2D eigenvalue weighted by Gasteiger charge is -2.09. The average molecular weight is 182 g/mol. The van der Waals surface area contributed by atoms with Gasteiger partial charge in [-0.3, -0.25) is 4.68 Å². The summed E-state index contributed by atoms with van der Waals surface area (Å²) in [5.74, 6) is 0. The van der Waals surface area contributed by atoms with Crippen LogP contribution in [-0.4, -0.2) is 14.9 Å². The van der Waals surface area contributed by atoms with Gasteiger partial charge in [0.2, 0.25) is 0 Å². The molecule has 0 aliphatic rings. The number of hydrogen-bond acceptors (Lipinski definition) is 2. The molecular weight excluding hydrogens is 164 g/mol. The maximum Gasteiger partial charge on any atom is 0.0797 e. The normalized spacial score (nSPS) is 13.8. The first-order valence-corrected chi connectivity index (χ1v) is 4.68. The third kappa shape index (κ3) is 1.75. The quantitative estimate of drug-likeness (QED) is 0.761. The second-order valence-corrected chi connectivity index (χ2v) is 3.80. The van der Waals surface area contributed by atoms with Crippen molar-refractivity contribution in [2.24, 2.45) is 0 Å². The van der Waals surface area contributed by atoms with Gasteiger partial charge in [-0.25, -0.2) is 0 Å². The molecular formula is C10H18N2O. The molecule has 0 aliphatic heterocycles. The molecule has 1 heterocycles. The molecule has 1 rings (SSSR count). The minimum Gasteiger partial charge on any atom is -0.389 e. The van der Waals surface area contributed by atoms with Gasteiger partial charge < -0.3 is 5.11 Å². The first kappa shape index (κ1) is 10.3. The van der Waals surface area contributed by atoms with Gasteiger partial charge in [0.25, 0.3) is 0 Å². The number of aliphatic hydroxyl groups excluding tert-OH is 1. The first-order chi connectivity index (χ1) is 5.95. The van der Waals surface area contributed by atoms with Crippen LogP contribution in [0.3, 0.4) is 0 Å². The van der Waals surface area contributed by atoms with Crippen molar-refractivity contribution in [3.8, 4) is 0 Å². The topological polar surface area (TPSA) is 38.0 Å². The van der Waals surface area contributed by atoms with Crippen LogP contribution >= 0.6 is 0 Å². The van der Waals surface area contributed by atoms with Crippen LogP contribution in [-0.2, 0) is 0 Å². The largest absolute Gasteiger partial charge is 0.389 e. The van der Waals surface area contributed by atoms with E-state index in [0.29, 0.717) is 6.04 Å². The smallest absolute Gasteiger partial charge is 0.0797 e. The Hall–Kier alpha value is -0.830. The van der Waals surface area contributed by atoms with E-state index in [1.54, 1.807) is 6.92 Å². The Labute approximate surface area is 79.4 Å². The molecule has 0 saturated carbocycles. The standard InChI is InChI=1S/C10H18N2O/c1-6(2)12-8(4)10(9(5)13)7(3)11-12/h6,9,13H,1-5H3. The number of aromatic nitrogens is 2. The molecule has 0 fully saturated rings. The Balaban J connectivity index is 3.22. The molecule has 1 N–H and O–H groups in total. The van der Waals surface area contributed by atoms with Crippen LogP contribution in [0.5, 0.6) is 0 Å². The van der Waals surface area contributed by atoms with Crippen molar-refractivity contribution in [3.63, 3.8) is 0 Å². The monoisotopic (exact) mass is 182 g/mol. The Morgan fingerprint density at radius 1 is 1.23 bits per heavy atom. The average Bonchev–Trinajstić information content (AvgIpc) is 2.26. The maximum atomic E-state index is 9.53. The molecule has 1 atom stereocenters. The van der Waals surface area contributed by atoms with Crippen LogP contribution in [0.2, 0.25) is 0 Å². The van der Waals surface area contributed by atoms with Crippen molar-refractivity contribution < 1.29 is 5.11 Å². The van der Waals surface area contributed by atoms with Gasteiger partial charge in [0.15, 0.2) is 0 Å². The summed E-state index contributed by atoms with van der Waals surface area (Å²) >= 11 is 0. The van der Waals surface area contributed by atoms with Crippen molar-refractivity contribution in [2.75, 3.05) is 0 Å². The molecule has 0 bridgehead atoms. The molecule has 0 amide bonds. The predicted octanol–water partition coefficient (Wildman–Crippen LogP) is 2.13. The van der Waals surface area contributed by atoms with Gasteiger partial charge in [0.05, 0.1) is 11.8 Å². The number of rotatable bonds is 2. The van der Waals surface area contributed by atoms with Crippen LogP contribution in [0, 0.1) is 13.8 Å². The van der Waals surface area contributed by atoms with Crippen molar-refractivity contribution in [2.45, 2.75) is 46.8 Å². The molecule has 0 spiro atoms. The van der Waals surface area contributed by atoms with E-state index in [0.717, 1.165) is 17.0 Å². The van der Waals surface area contributed by atoms with E-state index < -0.39 is 6.10 Å². The lowest BCUT2D eigenvalue weighted by Crippen LogP contribution is -2.05. The third-order valence-corrected chi connectivity index (χ3v) is 2.29. The molecule has 13 heavy (non-hydrogen) atoms. The second kappa shape index (κ2) is 3.50. The summed E-state index contributed by atoms with van der Waals surface area (Å²) in [6.07, 6.45) is -0.424. The summed E-state index contributed by atoms with van der Waals surface area (Å²) in [5, 5.41) is 13.9. The zero-order valence-corrected chi connectivity index (χ0v) is 9.00. The van der Waals surface area contributed by atoms with Crippen LogP contribution in [0.4, 0.5) is 0 Å². The molecule has 1 unspecified atom stereocenters. The van der Waals surface area contributed by atoms with Gasteiger partial charge >= 0.3 is 0 Å². The summed E-state index contributed by atoms with van der Waals surface area (Å²) in [6.45, 7) is 9.90. The fourth-order valence-corrected chi connectivity index (χ4v) is 1.78. The number of nitrogens with zero attached hydrogens (tertiary/aromatic N) is 2. The SMILES string of the molecule is Cc1nn(C(C)C)c(C)c1C(C)O. The predicted molar refractivity (Wildman–Crippen MR) is 52.7 cm³/mol. The fraction of sp³-hybridized carbons (Fsp3) is 0.700. The zero-order chi connectivity index (χ0) is 10.2. The Morgan fingerprint density at radius 2 is 1.77 bits per heavy atom. The zero-order valence-electron chi connectivity index (χ0n) is 9.00.